The van der Waals surface area contributed by atoms with Crippen molar-refractivity contribution in [2.75, 3.05) is 4.90 Å². The Bertz CT molecular complexity index is 4450. The predicted molar refractivity (Wildman–Crippen MR) is 313 cm³/mol. The third-order valence-corrected chi connectivity index (χ3v) is 17.7. The van der Waals surface area contributed by atoms with Gasteiger partial charge in [0.2, 0.25) is 0 Å². The van der Waals surface area contributed by atoms with Gasteiger partial charge in [-0.15, -0.1) is 11.3 Å². The maximum absolute atomic E-state index is 2.65. The Kier molecular flexibility index (Phi) is 8.99. The quantitative estimate of drug-likeness (QED) is 0.161. The van der Waals surface area contributed by atoms with Crippen LogP contribution in [0.3, 0.4) is 0 Å². The molecule has 1 atom stereocenters. The SMILES string of the molecule is C1=C2C(=CC(N(c3ccc(-c4ccccc4)cc3)c3ccc4c5c6c7cc(-c8ccccc8)ccc7sc6c6ccccc6c5n(-c5ccccc5)c4c3)C1)C1(c3ccccc32)c2ccccc2-c2ccccc21. The molecule has 0 fully saturated rings. The van der Waals surface area contributed by atoms with Gasteiger partial charge in [0.1, 0.15) is 0 Å². The summed E-state index contributed by atoms with van der Waals surface area (Å²) in [6, 6.07) is 92.9. The molecule has 0 radical (unpaired) electrons. The van der Waals surface area contributed by atoms with Gasteiger partial charge in [0, 0.05) is 58.8 Å². The summed E-state index contributed by atoms with van der Waals surface area (Å²) in [5.41, 5.74) is 21.2. The van der Waals surface area contributed by atoms with Crippen molar-refractivity contribution in [1.82, 2.24) is 4.57 Å². The van der Waals surface area contributed by atoms with Crippen molar-refractivity contribution in [3.63, 3.8) is 0 Å². The fourth-order valence-corrected chi connectivity index (χ4v) is 14.7. The van der Waals surface area contributed by atoms with Gasteiger partial charge < -0.3 is 9.47 Å². The van der Waals surface area contributed by atoms with E-state index < -0.39 is 5.41 Å². The molecule has 0 aliphatic heterocycles. The van der Waals surface area contributed by atoms with Crippen LogP contribution in [0.15, 0.2) is 266 Å². The van der Waals surface area contributed by atoms with Crippen molar-refractivity contribution in [3.05, 3.63) is 289 Å². The average molecular weight is 959 g/mol. The van der Waals surface area contributed by atoms with E-state index in [1.54, 1.807) is 0 Å². The van der Waals surface area contributed by atoms with Crippen LogP contribution in [0.25, 0.3) is 97.4 Å². The summed E-state index contributed by atoms with van der Waals surface area (Å²) in [4.78, 5) is 2.63. The van der Waals surface area contributed by atoms with Crippen molar-refractivity contribution in [2.24, 2.45) is 0 Å². The molecule has 3 heteroatoms. The first kappa shape index (κ1) is 41.6. The summed E-state index contributed by atoms with van der Waals surface area (Å²) in [6.45, 7) is 0. The number of para-hydroxylation sites is 1. The van der Waals surface area contributed by atoms with E-state index in [4.69, 9.17) is 0 Å². The molecule has 1 spiro atoms. The van der Waals surface area contributed by atoms with Crippen LogP contribution in [0.2, 0.25) is 0 Å². The first-order chi connectivity index (χ1) is 36.7. The Balaban J connectivity index is 0.971. The molecule has 0 saturated carbocycles. The molecule has 3 aliphatic rings. The van der Waals surface area contributed by atoms with Gasteiger partial charge in [-0.2, -0.15) is 0 Å². The van der Waals surface area contributed by atoms with Gasteiger partial charge in [-0.05, 0) is 122 Å². The van der Waals surface area contributed by atoms with Crippen LogP contribution in [0.1, 0.15) is 28.7 Å². The number of thiophene rings is 1. The summed E-state index contributed by atoms with van der Waals surface area (Å²) in [5.74, 6) is 0. The number of hydrogen-bond donors (Lipinski definition) is 0. The minimum atomic E-state index is -0.434. The molecule has 16 rings (SSSR count). The molecule has 74 heavy (non-hydrogen) atoms. The topological polar surface area (TPSA) is 8.17 Å². The van der Waals surface area contributed by atoms with Crippen LogP contribution in [0.5, 0.6) is 0 Å². The van der Waals surface area contributed by atoms with E-state index in [1.165, 1.54) is 120 Å². The number of nitrogens with zero attached hydrogens (tertiary/aromatic N) is 2. The van der Waals surface area contributed by atoms with E-state index in [0.717, 1.165) is 23.5 Å². The molecule has 0 saturated heterocycles. The van der Waals surface area contributed by atoms with Crippen molar-refractivity contribution < 1.29 is 0 Å². The molecular weight excluding hydrogens is 913 g/mol. The second-order valence-corrected chi connectivity index (χ2v) is 21.2. The number of benzene rings is 11. The zero-order valence-electron chi connectivity index (χ0n) is 40.4. The van der Waals surface area contributed by atoms with Crippen molar-refractivity contribution in [3.8, 4) is 39.1 Å². The van der Waals surface area contributed by atoms with Gasteiger partial charge in [-0.1, -0.05) is 212 Å². The van der Waals surface area contributed by atoms with Crippen molar-refractivity contribution >= 4 is 81.0 Å². The standard InChI is InChI=1S/C71H46N2S/c1-4-18-45(19-5-1)47-32-35-50(36-33-47)72(51-37-39-56-55-26-14-17-31-63(55)71(64(56)43-51)61-29-15-12-24-53(61)54-25-13-16-30-62(54)71)52-38-40-59-65(44-52)73(49-22-8-3-9-23-49)69-57-27-10-11-28-58(57)70-68(67(59)69)60-42-48(34-41-66(60)74-70)46-20-6-2-7-21-46/h1-36,38-44,51H,37H2. The third-order valence-electron chi connectivity index (χ3n) is 16.5. The Labute approximate surface area is 433 Å². The lowest BCUT2D eigenvalue weighted by Crippen LogP contribution is -2.34. The maximum Gasteiger partial charge on any atom is 0.0723 e. The zero-order valence-corrected chi connectivity index (χ0v) is 41.2. The molecule has 13 aromatic rings. The number of allylic oxidation sites excluding steroid dienone is 2. The van der Waals surface area contributed by atoms with E-state index in [-0.39, 0.29) is 6.04 Å². The summed E-state index contributed by atoms with van der Waals surface area (Å²) >= 11 is 1.92. The highest BCUT2D eigenvalue weighted by Crippen LogP contribution is 2.64. The van der Waals surface area contributed by atoms with Crippen molar-refractivity contribution in [1.29, 1.82) is 0 Å². The highest BCUT2D eigenvalue weighted by Gasteiger charge is 2.54. The molecule has 3 aliphatic carbocycles. The lowest BCUT2D eigenvalue weighted by atomic mass is 9.69. The molecule has 2 heterocycles. The number of rotatable bonds is 6. The first-order valence-corrected chi connectivity index (χ1v) is 26.7. The van der Waals surface area contributed by atoms with E-state index in [2.05, 4.69) is 270 Å². The number of fused-ring (bicyclic) bond motifs is 20. The van der Waals surface area contributed by atoms with Gasteiger partial charge in [0.25, 0.3) is 0 Å². The highest BCUT2D eigenvalue weighted by molar-refractivity contribution is 7.27. The van der Waals surface area contributed by atoms with E-state index in [9.17, 15) is 0 Å². The van der Waals surface area contributed by atoms with Gasteiger partial charge >= 0.3 is 0 Å². The molecular formula is C71H46N2S. The normalized spacial score (nSPS) is 15.1. The van der Waals surface area contributed by atoms with Crippen LogP contribution in [0.4, 0.5) is 11.4 Å². The first-order valence-electron chi connectivity index (χ1n) is 25.9. The fraction of sp³-hybridized carbons (Fsp3) is 0.0423. The summed E-state index contributed by atoms with van der Waals surface area (Å²) in [7, 11) is 0. The largest absolute Gasteiger partial charge is 0.334 e. The van der Waals surface area contributed by atoms with Gasteiger partial charge in [0.15, 0.2) is 0 Å². The van der Waals surface area contributed by atoms with Crippen LogP contribution < -0.4 is 4.90 Å². The molecule has 0 bridgehead atoms. The molecule has 346 valence electrons. The Morgan fingerprint density at radius 2 is 0.986 bits per heavy atom. The van der Waals surface area contributed by atoms with E-state index >= 15 is 0 Å². The summed E-state index contributed by atoms with van der Waals surface area (Å²) < 4.78 is 5.20. The van der Waals surface area contributed by atoms with Crippen LogP contribution >= 0.6 is 11.3 Å². The minimum Gasteiger partial charge on any atom is -0.334 e. The second kappa shape index (κ2) is 16.0. The molecule has 0 amide bonds. The maximum atomic E-state index is 2.65. The average Bonchev–Trinajstić information content (AvgIpc) is 4.20. The van der Waals surface area contributed by atoms with Crippen LogP contribution in [-0.2, 0) is 5.41 Å². The van der Waals surface area contributed by atoms with Gasteiger partial charge in [0.05, 0.1) is 22.5 Å². The number of anilines is 2. The third kappa shape index (κ3) is 5.81. The van der Waals surface area contributed by atoms with Gasteiger partial charge in [-0.3, -0.25) is 0 Å². The molecule has 0 N–H and O–H groups in total. The highest BCUT2D eigenvalue weighted by atomic mass is 32.1. The summed E-state index contributed by atoms with van der Waals surface area (Å²) in [5, 5.41) is 7.73. The van der Waals surface area contributed by atoms with Crippen LogP contribution in [0, 0.1) is 0 Å². The Morgan fingerprint density at radius 3 is 1.69 bits per heavy atom. The van der Waals surface area contributed by atoms with Gasteiger partial charge in [-0.25, -0.2) is 0 Å². The van der Waals surface area contributed by atoms with Crippen LogP contribution in [-0.4, -0.2) is 10.6 Å². The number of hydrogen-bond acceptors (Lipinski definition) is 2. The fourth-order valence-electron chi connectivity index (χ4n) is 13.5. The minimum absolute atomic E-state index is 0.000738. The lowest BCUT2D eigenvalue weighted by molar-refractivity contribution is 0.737. The molecule has 1 unspecified atom stereocenters. The monoisotopic (exact) mass is 958 g/mol. The predicted octanol–water partition coefficient (Wildman–Crippen LogP) is 18.9. The molecule has 2 aromatic heterocycles. The van der Waals surface area contributed by atoms with Crippen molar-refractivity contribution in [2.45, 2.75) is 17.9 Å². The zero-order chi connectivity index (χ0) is 48.5. The molecule has 2 nitrogen and oxygen atoms in total. The lowest BCUT2D eigenvalue weighted by Gasteiger charge is -2.37. The smallest absolute Gasteiger partial charge is 0.0723 e. The number of aromatic nitrogens is 1. The molecule has 11 aromatic carbocycles. The second-order valence-electron chi connectivity index (χ2n) is 20.2. The Morgan fingerprint density at radius 1 is 0.432 bits per heavy atom. The Hall–Kier alpha value is -9.02. The van der Waals surface area contributed by atoms with E-state index in [1.807, 2.05) is 11.3 Å². The van der Waals surface area contributed by atoms with E-state index in [0.29, 0.717) is 0 Å². The summed E-state index contributed by atoms with van der Waals surface area (Å²) in [6.07, 6.45) is 6.05.